The van der Waals surface area contributed by atoms with Crippen LogP contribution in [0.1, 0.15) is 29.5 Å². The van der Waals surface area contributed by atoms with Gasteiger partial charge in [-0.1, -0.05) is 24.3 Å². The predicted molar refractivity (Wildman–Crippen MR) is 110 cm³/mol. The summed E-state index contributed by atoms with van der Waals surface area (Å²) in [6, 6.07) is 8.52. The van der Waals surface area contributed by atoms with E-state index in [0.29, 0.717) is 12.7 Å². The molecule has 1 aromatic carbocycles. The van der Waals surface area contributed by atoms with Gasteiger partial charge in [-0.25, -0.2) is 0 Å². The SMILES string of the molecule is CN=C(NCc1cccc(COC2CCOCC2)c1)N(C)Cc1cnn(C)c1. The highest BCUT2D eigenvalue weighted by Crippen LogP contribution is 2.14. The number of hydrogen-bond acceptors (Lipinski definition) is 4. The van der Waals surface area contributed by atoms with Gasteiger partial charge in [0.25, 0.3) is 0 Å². The molecule has 7 heteroatoms. The summed E-state index contributed by atoms with van der Waals surface area (Å²) in [5.41, 5.74) is 3.56. The van der Waals surface area contributed by atoms with Crippen LogP contribution in [0.5, 0.6) is 0 Å². The Morgan fingerprint density at radius 2 is 2.11 bits per heavy atom. The Kier molecular flexibility index (Phi) is 7.45. The molecule has 0 atom stereocenters. The summed E-state index contributed by atoms with van der Waals surface area (Å²) in [5.74, 6) is 0.854. The number of nitrogens with one attached hydrogen (secondary N) is 1. The van der Waals surface area contributed by atoms with E-state index in [-0.39, 0.29) is 0 Å². The average Bonchev–Trinajstić information content (AvgIpc) is 3.12. The number of rotatable bonds is 7. The lowest BCUT2D eigenvalue weighted by Crippen LogP contribution is -2.38. The van der Waals surface area contributed by atoms with Crippen molar-refractivity contribution < 1.29 is 9.47 Å². The zero-order chi connectivity index (χ0) is 19.8. The number of nitrogens with zero attached hydrogens (tertiary/aromatic N) is 4. The molecule has 0 unspecified atom stereocenters. The van der Waals surface area contributed by atoms with Crippen LogP contribution < -0.4 is 5.32 Å². The van der Waals surface area contributed by atoms with Crippen molar-refractivity contribution in [3.8, 4) is 0 Å². The van der Waals surface area contributed by atoms with Crippen molar-refractivity contribution in [1.82, 2.24) is 20.0 Å². The van der Waals surface area contributed by atoms with Gasteiger partial charge in [-0.2, -0.15) is 5.10 Å². The Bertz CT molecular complexity index is 768. The van der Waals surface area contributed by atoms with E-state index in [1.165, 1.54) is 11.1 Å². The number of ether oxygens (including phenoxy) is 2. The summed E-state index contributed by atoms with van der Waals surface area (Å²) < 4.78 is 13.2. The molecule has 1 fully saturated rings. The van der Waals surface area contributed by atoms with Gasteiger partial charge < -0.3 is 19.7 Å². The maximum atomic E-state index is 6.04. The molecule has 0 spiro atoms. The van der Waals surface area contributed by atoms with Gasteiger partial charge in [0.05, 0.1) is 18.9 Å². The van der Waals surface area contributed by atoms with E-state index in [2.05, 4.69) is 44.6 Å². The van der Waals surface area contributed by atoms with Gasteiger partial charge in [-0.3, -0.25) is 9.67 Å². The van der Waals surface area contributed by atoms with Crippen LogP contribution in [-0.4, -0.2) is 54.1 Å². The molecule has 1 aliphatic rings. The standard InChI is InChI=1S/C21H31N5O2/c1-22-21(25(2)14-19-13-24-26(3)15-19)23-12-17-5-4-6-18(11-17)16-28-20-7-9-27-10-8-20/h4-6,11,13,15,20H,7-10,12,14,16H2,1-3H3,(H,22,23). The largest absolute Gasteiger partial charge is 0.381 e. The normalized spacial score (nSPS) is 15.6. The zero-order valence-electron chi connectivity index (χ0n) is 17.1. The number of aliphatic imine (C=N–C) groups is 1. The van der Waals surface area contributed by atoms with Crippen LogP contribution in [0.25, 0.3) is 0 Å². The van der Waals surface area contributed by atoms with Crippen LogP contribution in [0.15, 0.2) is 41.7 Å². The Balaban J connectivity index is 1.49. The molecule has 0 aliphatic carbocycles. The minimum Gasteiger partial charge on any atom is -0.381 e. The Morgan fingerprint density at radius 3 is 2.82 bits per heavy atom. The van der Waals surface area contributed by atoms with Crippen molar-refractivity contribution >= 4 is 5.96 Å². The second-order valence-corrected chi connectivity index (χ2v) is 7.22. The molecule has 152 valence electrons. The van der Waals surface area contributed by atoms with E-state index in [4.69, 9.17) is 9.47 Å². The highest BCUT2D eigenvalue weighted by molar-refractivity contribution is 5.79. The van der Waals surface area contributed by atoms with Gasteiger partial charge in [0.15, 0.2) is 5.96 Å². The summed E-state index contributed by atoms with van der Waals surface area (Å²) in [6.07, 6.45) is 6.19. The molecular weight excluding hydrogens is 354 g/mol. The molecule has 1 aromatic heterocycles. The van der Waals surface area contributed by atoms with E-state index in [9.17, 15) is 0 Å². The van der Waals surface area contributed by atoms with Gasteiger partial charge in [0, 0.05) is 59.2 Å². The third-order valence-corrected chi connectivity index (χ3v) is 4.85. The highest BCUT2D eigenvalue weighted by Gasteiger charge is 2.14. The lowest BCUT2D eigenvalue weighted by atomic mass is 10.1. The van der Waals surface area contributed by atoms with Crippen molar-refractivity contribution in [3.05, 3.63) is 53.3 Å². The molecule has 2 heterocycles. The minimum atomic E-state index is 0.315. The van der Waals surface area contributed by atoms with Crippen molar-refractivity contribution in [2.75, 3.05) is 27.3 Å². The Morgan fingerprint density at radius 1 is 1.32 bits per heavy atom. The van der Waals surface area contributed by atoms with Crippen molar-refractivity contribution in [2.45, 2.75) is 38.6 Å². The molecule has 3 rings (SSSR count). The van der Waals surface area contributed by atoms with E-state index < -0.39 is 0 Å². The second kappa shape index (κ2) is 10.2. The maximum absolute atomic E-state index is 6.04. The number of aromatic nitrogens is 2. The molecule has 7 nitrogen and oxygen atoms in total. The molecule has 0 amide bonds. The fourth-order valence-corrected chi connectivity index (χ4v) is 3.35. The van der Waals surface area contributed by atoms with Crippen LogP contribution in [-0.2, 0) is 36.2 Å². The van der Waals surface area contributed by atoms with Crippen molar-refractivity contribution in [3.63, 3.8) is 0 Å². The van der Waals surface area contributed by atoms with Crippen molar-refractivity contribution in [1.29, 1.82) is 0 Å². The highest BCUT2D eigenvalue weighted by atomic mass is 16.5. The topological polar surface area (TPSA) is 63.9 Å². The third-order valence-electron chi connectivity index (χ3n) is 4.85. The van der Waals surface area contributed by atoms with Gasteiger partial charge in [-0.15, -0.1) is 0 Å². The second-order valence-electron chi connectivity index (χ2n) is 7.22. The van der Waals surface area contributed by atoms with E-state index in [0.717, 1.165) is 50.7 Å². The Labute approximate surface area is 167 Å². The quantitative estimate of drug-likeness (QED) is 0.585. The number of hydrogen-bond donors (Lipinski definition) is 1. The van der Waals surface area contributed by atoms with E-state index in [1.807, 2.05) is 31.2 Å². The molecule has 0 radical (unpaired) electrons. The lowest BCUT2D eigenvalue weighted by Gasteiger charge is -2.23. The fourth-order valence-electron chi connectivity index (χ4n) is 3.35. The molecule has 28 heavy (non-hydrogen) atoms. The molecule has 1 aliphatic heterocycles. The summed E-state index contributed by atoms with van der Waals surface area (Å²) in [6.45, 7) is 3.73. The first-order chi connectivity index (χ1) is 13.6. The predicted octanol–water partition coefficient (Wildman–Crippen LogP) is 2.32. The molecule has 1 N–H and O–H groups in total. The summed E-state index contributed by atoms with van der Waals surface area (Å²) in [4.78, 5) is 6.49. The van der Waals surface area contributed by atoms with Gasteiger partial charge >= 0.3 is 0 Å². The van der Waals surface area contributed by atoms with E-state index in [1.54, 1.807) is 7.05 Å². The number of guanidine groups is 1. The van der Waals surface area contributed by atoms with Crippen LogP contribution in [0.4, 0.5) is 0 Å². The summed E-state index contributed by atoms with van der Waals surface area (Å²) >= 11 is 0. The first-order valence-corrected chi connectivity index (χ1v) is 9.80. The monoisotopic (exact) mass is 385 g/mol. The zero-order valence-corrected chi connectivity index (χ0v) is 17.1. The maximum Gasteiger partial charge on any atom is 0.193 e. The first-order valence-electron chi connectivity index (χ1n) is 9.80. The minimum absolute atomic E-state index is 0.315. The third kappa shape index (κ3) is 6.07. The molecule has 2 aromatic rings. The molecule has 0 saturated carbocycles. The van der Waals surface area contributed by atoms with Crippen LogP contribution >= 0.6 is 0 Å². The number of benzene rings is 1. The van der Waals surface area contributed by atoms with E-state index >= 15 is 0 Å². The summed E-state index contributed by atoms with van der Waals surface area (Å²) in [5, 5.41) is 7.66. The molecular formula is C21H31N5O2. The number of aryl methyl sites for hydroxylation is 1. The summed E-state index contributed by atoms with van der Waals surface area (Å²) in [7, 11) is 5.76. The van der Waals surface area contributed by atoms with Crippen LogP contribution in [0.3, 0.4) is 0 Å². The molecule has 1 saturated heterocycles. The first kappa shape index (κ1) is 20.4. The van der Waals surface area contributed by atoms with Crippen molar-refractivity contribution in [2.24, 2.45) is 12.0 Å². The lowest BCUT2D eigenvalue weighted by molar-refractivity contribution is -0.0390. The van der Waals surface area contributed by atoms with Crippen LogP contribution in [0, 0.1) is 0 Å². The van der Waals surface area contributed by atoms with Gasteiger partial charge in [-0.05, 0) is 24.0 Å². The van der Waals surface area contributed by atoms with Gasteiger partial charge in [0.1, 0.15) is 0 Å². The average molecular weight is 386 g/mol. The fraction of sp³-hybridized carbons (Fsp3) is 0.524. The van der Waals surface area contributed by atoms with Gasteiger partial charge in [0.2, 0.25) is 0 Å². The molecule has 0 bridgehead atoms. The Hall–Kier alpha value is -2.38. The smallest absolute Gasteiger partial charge is 0.193 e. The van der Waals surface area contributed by atoms with Crippen LogP contribution in [0.2, 0.25) is 0 Å².